The summed E-state index contributed by atoms with van der Waals surface area (Å²) in [5.74, 6) is 0.443. The Hall–Kier alpha value is -4.46. The third kappa shape index (κ3) is 4.57. The minimum absolute atomic E-state index is 0.188. The van der Waals surface area contributed by atoms with Crippen molar-refractivity contribution in [3.63, 3.8) is 0 Å². The lowest BCUT2D eigenvalue weighted by atomic mass is 10.0. The predicted octanol–water partition coefficient (Wildman–Crippen LogP) is 2.78. The number of carbonyl (C=O) groups is 3. The molecule has 0 spiro atoms. The van der Waals surface area contributed by atoms with Crippen LogP contribution in [0, 0.1) is 0 Å². The number of ether oxygens (including phenoxy) is 2. The van der Waals surface area contributed by atoms with E-state index in [0.717, 1.165) is 11.1 Å². The van der Waals surface area contributed by atoms with Crippen molar-refractivity contribution in [2.24, 2.45) is 0 Å². The topological polar surface area (TPSA) is 87.9 Å². The largest absolute Gasteiger partial charge is 0.501 e. The van der Waals surface area contributed by atoms with Crippen LogP contribution in [0.15, 0.2) is 78.9 Å². The summed E-state index contributed by atoms with van der Waals surface area (Å²) in [6.45, 7) is 0.231. The second-order valence-electron chi connectivity index (χ2n) is 8.60. The predicted molar refractivity (Wildman–Crippen MR) is 132 cm³/mol. The standard InChI is InChI=1S/C28H25N3O5/c1-35-21-11-7-10-20(16-21)17-29-24(32)18-31-25-22-12-5-6-13-23(22)36-26(25)27(33)30(28(31)34)15-14-19-8-3-2-4-9-19/h2-13,16,26H,14-15,17-18H2,1H3/p+1. The number of fused-ring (bicyclic) bond motifs is 3. The molecule has 0 bridgehead atoms. The first kappa shape index (κ1) is 23.3. The number of hydrogen-bond donors (Lipinski definition) is 1. The van der Waals surface area contributed by atoms with Crippen LogP contribution in [0.5, 0.6) is 11.5 Å². The molecule has 2 aliphatic rings. The highest BCUT2D eigenvalue weighted by molar-refractivity contribution is 6.22. The van der Waals surface area contributed by atoms with Gasteiger partial charge in [0.2, 0.25) is 0 Å². The third-order valence-electron chi connectivity index (χ3n) is 6.29. The van der Waals surface area contributed by atoms with Crippen LogP contribution in [-0.4, -0.2) is 59.3 Å². The van der Waals surface area contributed by atoms with Crippen molar-refractivity contribution in [1.82, 2.24) is 10.2 Å². The van der Waals surface area contributed by atoms with Crippen LogP contribution >= 0.6 is 0 Å². The molecular weight excluding hydrogens is 458 g/mol. The van der Waals surface area contributed by atoms with Gasteiger partial charge in [0, 0.05) is 13.0 Å². The van der Waals surface area contributed by atoms with E-state index < -0.39 is 18.0 Å². The maximum atomic E-state index is 13.6. The Bertz CT molecular complexity index is 1350. The number of imide groups is 1. The van der Waals surface area contributed by atoms with Gasteiger partial charge in [-0.05, 0) is 35.4 Å². The highest BCUT2D eigenvalue weighted by atomic mass is 16.5. The molecule has 3 aromatic carbocycles. The molecule has 36 heavy (non-hydrogen) atoms. The maximum Gasteiger partial charge on any atom is 0.501 e. The lowest BCUT2D eigenvalue weighted by Crippen LogP contribution is -2.59. The molecule has 0 aliphatic carbocycles. The zero-order valence-electron chi connectivity index (χ0n) is 19.8. The molecule has 2 aliphatic heterocycles. The number of methoxy groups -OCH3 is 1. The van der Waals surface area contributed by atoms with Gasteiger partial charge in [0.05, 0.1) is 12.7 Å². The second-order valence-corrected chi connectivity index (χ2v) is 8.60. The lowest BCUT2D eigenvalue weighted by molar-refractivity contribution is -0.429. The van der Waals surface area contributed by atoms with Gasteiger partial charge in [0.15, 0.2) is 12.3 Å². The zero-order chi connectivity index (χ0) is 25.1. The lowest BCUT2D eigenvalue weighted by Gasteiger charge is -2.24. The molecule has 1 atom stereocenters. The van der Waals surface area contributed by atoms with Crippen molar-refractivity contribution in [3.8, 4) is 11.5 Å². The molecule has 1 unspecified atom stereocenters. The molecule has 0 fully saturated rings. The van der Waals surface area contributed by atoms with Gasteiger partial charge in [0.1, 0.15) is 18.0 Å². The van der Waals surface area contributed by atoms with Crippen LogP contribution in [0.4, 0.5) is 4.79 Å². The number of benzene rings is 3. The fourth-order valence-electron chi connectivity index (χ4n) is 4.47. The number of para-hydroxylation sites is 1. The molecule has 4 amide bonds. The molecule has 3 aromatic rings. The molecule has 0 saturated heterocycles. The molecule has 2 heterocycles. The van der Waals surface area contributed by atoms with Gasteiger partial charge < -0.3 is 14.8 Å². The highest BCUT2D eigenvalue weighted by Gasteiger charge is 2.53. The SMILES string of the molecule is COc1cccc(CNC(=O)C[N+]2=C3c4ccccc4OC3C(=O)N(CCc3ccccc3)C2=O)c1. The normalized spacial score (nSPS) is 16.4. The van der Waals surface area contributed by atoms with Crippen LogP contribution in [0.25, 0.3) is 0 Å². The van der Waals surface area contributed by atoms with Crippen LogP contribution in [0.2, 0.25) is 0 Å². The Morgan fingerprint density at radius 2 is 1.75 bits per heavy atom. The van der Waals surface area contributed by atoms with E-state index in [1.807, 2.05) is 60.7 Å². The van der Waals surface area contributed by atoms with E-state index in [1.54, 1.807) is 25.3 Å². The molecule has 5 rings (SSSR count). The van der Waals surface area contributed by atoms with Gasteiger partial charge in [-0.25, -0.2) is 4.79 Å². The van der Waals surface area contributed by atoms with E-state index in [4.69, 9.17) is 9.47 Å². The molecular formula is C28H26N3O5+. The van der Waals surface area contributed by atoms with E-state index in [0.29, 0.717) is 29.2 Å². The van der Waals surface area contributed by atoms with E-state index in [-0.39, 0.29) is 25.5 Å². The second kappa shape index (κ2) is 10.0. The van der Waals surface area contributed by atoms with Crippen molar-refractivity contribution in [2.45, 2.75) is 19.1 Å². The smallest absolute Gasteiger partial charge is 0.497 e. The summed E-state index contributed by atoms with van der Waals surface area (Å²) in [5.41, 5.74) is 2.93. The number of amides is 4. The third-order valence-corrected chi connectivity index (χ3v) is 6.29. The number of carbonyl (C=O) groups excluding carboxylic acids is 3. The van der Waals surface area contributed by atoms with Crippen LogP contribution in [-0.2, 0) is 22.6 Å². The summed E-state index contributed by atoms with van der Waals surface area (Å²) in [6, 6.07) is 23.7. The number of nitrogens with zero attached hydrogens (tertiary/aromatic N) is 2. The molecule has 0 saturated carbocycles. The number of urea groups is 1. The van der Waals surface area contributed by atoms with E-state index >= 15 is 0 Å². The zero-order valence-corrected chi connectivity index (χ0v) is 19.8. The summed E-state index contributed by atoms with van der Waals surface area (Å²) < 4.78 is 12.6. The Morgan fingerprint density at radius 1 is 1.00 bits per heavy atom. The highest BCUT2D eigenvalue weighted by Crippen LogP contribution is 2.32. The molecule has 182 valence electrons. The van der Waals surface area contributed by atoms with Crippen molar-refractivity contribution in [1.29, 1.82) is 0 Å². The Balaban J connectivity index is 1.39. The van der Waals surface area contributed by atoms with E-state index in [1.165, 1.54) is 9.48 Å². The summed E-state index contributed by atoms with van der Waals surface area (Å²) >= 11 is 0. The molecule has 8 nitrogen and oxygen atoms in total. The minimum Gasteiger partial charge on any atom is -0.497 e. The first-order chi connectivity index (χ1) is 17.5. The fraction of sp³-hybridized carbons (Fsp3) is 0.214. The number of rotatable bonds is 8. The number of nitrogens with one attached hydrogen (secondary N) is 1. The Morgan fingerprint density at radius 3 is 2.56 bits per heavy atom. The molecule has 0 radical (unpaired) electrons. The summed E-state index contributed by atoms with van der Waals surface area (Å²) in [7, 11) is 1.58. The molecule has 1 N–H and O–H groups in total. The average molecular weight is 485 g/mol. The minimum atomic E-state index is -0.970. The first-order valence-corrected chi connectivity index (χ1v) is 11.7. The van der Waals surface area contributed by atoms with E-state index in [9.17, 15) is 14.4 Å². The maximum absolute atomic E-state index is 13.6. The van der Waals surface area contributed by atoms with Crippen molar-refractivity contribution in [2.75, 3.05) is 20.2 Å². The average Bonchev–Trinajstić information content (AvgIpc) is 3.30. The van der Waals surface area contributed by atoms with Gasteiger partial charge in [-0.15, -0.1) is 0 Å². The quantitative estimate of drug-likeness (QED) is 0.497. The Labute approximate surface area is 208 Å². The monoisotopic (exact) mass is 484 g/mol. The van der Waals surface area contributed by atoms with Crippen molar-refractivity contribution in [3.05, 3.63) is 95.6 Å². The fourth-order valence-corrected chi connectivity index (χ4v) is 4.47. The van der Waals surface area contributed by atoms with Crippen LogP contribution in [0.1, 0.15) is 16.7 Å². The van der Waals surface area contributed by atoms with Gasteiger partial charge in [-0.3, -0.25) is 4.79 Å². The van der Waals surface area contributed by atoms with Crippen LogP contribution < -0.4 is 14.8 Å². The molecule has 8 heteroatoms. The van der Waals surface area contributed by atoms with Crippen LogP contribution in [0.3, 0.4) is 0 Å². The number of hydrogen-bond acceptors (Lipinski definition) is 5. The Kier molecular flexibility index (Phi) is 6.49. The van der Waals surface area contributed by atoms with Gasteiger partial charge in [-0.2, -0.15) is 14.3 Å². The first-order valence-electron chi connectivity index (χ1n) is 11.7. The van der Waals surface area contributed by atoms with E-state index in [2.05, 4.69) is 5.32 Å². The summed E-state index contributed by atoms with van der Waals surface area (Å²) in [4.78, 5) is 41.0. The van der Waals surface area contributed by atoms with Crippen molar-refractivity contribution >= 4 is 23.6 Å². The van der Waals surface area contributed by atoms with Gasteiger partial charge in [0.25, 0.3) is 12.0 Å². The molecule has 0 aromatic heterocycles. The van der Waals surface area contributed by atoms with Gasteiger partial charge in [-0.1, -0.05) is 54.6 Å². The summed E-state index contributed by atoms with van der Waals surface area (Å²) in [6.07, 6.45) is -0.467. The summed E-state index contributed by atoms with van der Waals surface area (Å²) in [5, 5.41) is 2.86. The van der Waals surface area contributed by atoms with Crippen molar-refractivity contribution < 1.29 is 28.4 Å². The van der Waals surface area contributed by atoms with Gasteiger partial charge >= 0.3 is 11.9 Å².